The molecule has 0 amide bonds. The van der Waals surface area contributed by atoms with E-state index < -0.39 is 0 Å². The first-order chi connectivity index (χ1) is 8.67. The fourth-order valence-electron chi connectivity index (χ4n) is 2.43. The third kappa shape index (κ3) is 3.94. The van der Waals surface area contributed by atoms with E-state index in [1.54, 1.807) is 6.07 Å². The molecule has 4 heteroatoms. The van der Waals surface area contributed by atoms with E-state index in [9.17, 15) is 4.39 Å². The summed E-state index contributed by atoms with van der Waals surface area (Å²) in [6.45, 7) is 6.32. The van der Waals surface area contributed by atoms with Gasteiger partial charge < -0.3 is 10.2 Å². The van der Waals surface area contributed by atoms with E-state index in [1.807, 2.05) is 6.07 Å². The summed E-state index contributed by atoms with van der Waals surface area (Å²) in [6.07, 6.45) is 2.33. The number of rotatable bonds is 4. The normalized spacial score (nSPS) is 18.2. The van der Waals surface area contributed by atoms with Gasteiger partial charge in [0.05, 0.1) is 0 Å². The minimum atomic E-state index is -0.264. The summed E-state index contributed by atoms with van der Waals surface area (Å²) in [5, 5.41) is 3.95. The maximum atomic E-state index is 13.2. The highest BCUT2D eigenvalue weighted by Gasteiger charge is 2.17. The lowest BCUT2D eigenvalue weighted by atomic mass is 10.0. The van der Waals surface area contributed by atoms with Crippen molar-refractivity contribution >= 4 is 11.6 Å². The Morgan fingerprint density at radius 1 is 1.33 bits per heavy atom. The van der Waals surface area contributed by atoms with Crippen LogP contribution in [0.4, 0.5) is 4.39 Å². The van der Waals surface area contributed by atoms with Gasteiger partial charge in [0.2, 0.25) is 0 Å². The second-order valence-corrected chi connectivity index (χ2v) is 5.30. The van der Waals surface area contributed by atoms with Gasteiger partial charge in [-0.3, -0.25) is 0 Å². The van der Waals surface area contributed by atoms with Crippen LogP contribution in [0, 0.1) is 5.82 Å². The van der Waals surface area contributed by atoms with Gasteiger partial charge in [-0.05, 0) is 56.2 Å². The third-order valence-corrected chi connectivity index (χ3v) is 3.77. The Kier molecular flexibility index (Phi) is 4.98. The van der Waals surface area contributed by atoms with Crippen molar-refractivity contribution in [2.24, 2.45) is 0 Å². The van der Waals surface area contributed by atoms with E-state index in [1.165, 1.54) is 6.07 Å². The summed E-state index contributed by atoms with van der Waals surface area (Å²) in [6, 6.07) is 5.23. The van der Waals surface area contributed by atoms with Crippen LogP contribution in [0.3, 0.4) is 0 Å². The van der Waals surface area contributed by atoms with E-state index >= 15 is 0 Å². The van der Waals surface area contributed by atoms with Crippen LogP contribution in [0.15, 0.2) is 18.2 Å². The van der Waals surface area contributed by atoms with Gasteiger partial charge in [-0.15, -0.1) is 0 Å². The van der Waals surface area contributed by atoms with E-state index in [4.69, 9.17) is 11.6 Å². The van der Waals surface area contributed by atoms with Crippen LogP contribution in [-0.4, -0.2) is 30.6 Å². The van der Waals surface area contributed by atoms with Gasteiger partial charge in [0.25, 0.3) is 0 Å². The summed E-state index contributed by atoms with van der Waals surface area (Å²) in [5.74, 6) is -0.264. The first-order valence-electron chi connectivity index (χ1n) is 6.58. The molecule has 0 spiro atoms. The Balaban J connectivity index is 1.81. The van der Waals surface area contributed by atoms with Crippen molar-refractivity contribution in [3.63, 3.8) is 0 Å². The Labute approximate surface area is 113 Å². The number of piperidine rings is 1. The van der Waals surface area contributed by atoms with Crippen LogP contribution in [-0.2, 0) is 6.54 Å². The molecule has 1 heterocycles. The Morgan fingerprint density at radius 2 is 2.06 bits per heavy atom. The molecule has 1 saturated heterocycles. The van der Waals surface area contributed by atoms with Crippen LogP contribution < -0.4 is 5.32 Å². The molecule has 2 rings (SSSR count). The van der Waals surface area contributed by atoms with E-state index in [0.717, 1.165) is 38.0 Å². The number of likely N-dealkylation sites (tertiary alicyclic amines) is 1. The zero-order valence-corrected chi connectivity index (χ0v) is 11.5. The summed E-state index contributed by atoms with van der Waals surface area (Å²) in [5.41, 5.74) is 0.915. The standard InChI is InChI=1S/C14H20ClFN2/c1-2-18-5-3-14(4-6-18)17-10-11-7-12(15)9-13(16)8-11/h7-9,14,17H,2-6,10H2,1H3. The smallest absolute Gasteiger partial charge is 0.125 e. The van der Waals surface area contributed by atoms with Crippen molar-refractivity contribution in [2.45, 2.75) is 32.4 Å². The first kappa shape index (κ1) is 13.8. The van der Waals surface area contributed by atoms with Gasteiger partial charge >= 0.3 is 0 Å². The molecule has 2 nitrogen and oxygen atoms in total. The van der Waals surface area contributed by atoms with Crippen molar-refractivity contribution < 1.29 is 4.39 Å². The fraction of sp³-hybridized carbons (Fsp3) is 0.571. The Morgan fingerprint density at radius 3 is 2.67 bits per heavy atom. The minimum Gasteiger partial charge on any atom is -0.310 e. The Bertz CT molecular complexity index is 369. The number of hydrogen-bond donors (Lipinski definition) is 1. The van der Waals surface area contributed by atoms with Crippen molar-refractivity contribution in [1.29, 1.82) is 0 Å². The van der Waals surface area contributed by atoms with Gasteiger partial charge in [0.15, 0.2) is 0 Å². The van der Waals surface area contributed by atoms with Crippen molar-refractivity contribution in [3.8, 4) is 0 Å². The van der Waals surface area contributed by atoms with Gasteiger partial charge in [0.1, 0.15) is 5.82 Å². The zero-order chi connectivity index (χ0) is 13.0. The van der Waals surface area contributed by atoms with Gasteiger partial charge in [0, 0.05) is 17.6 Å². The summed E-state index contributed by atoms with van der Waals surface area (Å²) >= 11 is 5.84. The van der Waals surface area contributed by atoms with E-state index in [0.29, 0.717) is 17.6 Å². The van der Waals surface area contributed by atoms with E-state index in [2.05, 4.69) is 17.1 Å². The van der Waals surface area contributed by atoms with Gasteiger partial charge in [-0.1, -0.05) is 18.5 Å². The molecule has 0 atom stereocenters. The molecule has 1 aromatic carbocycles. The number of benzene rings is 1. The molecule has 1 fully saturated rings. The number of hydrogen-bond acceptors (Lipinski definition) is 2. The van der Waals surface area contributed by atoms with Crippen LogP contribution in [0.5, 0.6) is 0 Å². The topological polar surface area (TPSA) is 15.3 Å². The van der Waals surface area contributed by atoms with Crippen molar-refractivity contribution in [1.82, 2.24) is 10.2 Å². The number of nitrogens with one attached hydrogen (secondary N) is 1. The van der Waals surface area contributed by atoms with Crippen LogP contribution in [0.25, 0.3) is 0 Å². The number of halogens is 2. The van der Waals surface area contributed by atoms with Crippen LogP contribution >= 0.6 is 11.6 Å². The summed E-state index contributed by atoms with van der Waals surface area (Å²) in [7, 11) is 0. The second-order valence-electron chi connectivity index (χ2n) is 4.87. The summed E-state index contributed by atoms with van der Waals surface area (Å²) in [4.78, 5) is 2.46. The molecule has 18 heavy (non-hydrogen) atoms. The average Bonchev–Trinajstić information content (AvgIpc) is 2.36. The SMILES string of the molecule is CCN1CCC(NCc2cc(F)cc(Cl)c2)CC1. The minimum absolute atomic E-state index is 0.264. The number of nitrogens with zero attached hydrogens (tertiary/aromatic N) is 1. The molecule has 0 aromatic heterocycles. The lowest BCUT2D eigenvalue weighted by Crippen LogP contribution is -2.42. The second kappa shape index (κ2) is 6.50. The lowest BCUT2D eigenvalue weighted by molar-refractivity contribution is 0.206. The monoisotopic (exact) mass is 270 g/mol. The third-order valence-electron chi connectivity index (χ3n) is 3.55. The highest BCUT2D eigenvalue weighted by molar-refractivity contribution is 6.30. The largest absolute Gasteiger partial charge is 0.310 e. The van der Waals surface area contributed by atoms with Crippen molar-refractivity contribution in [2.75, 3.05) is 19.6 Å². The Hall–Kier alpha value is -0.640. The predicted molar refractivity (Wildman–Crippen MR) is 73.4 cm³/mol. The first-order valence-corrected chi connectivity index (χ1v) is 6.96. The molecular weight excluding hydrogens is 251 g/mol. The molecule has 1 N–H and O–H groups in total. The lowest BCUT2D eigenvalue weighted by Gasteiger charge is -2.31. The zero-order valence-electron chi connectivity index (χ0n) is 10.8. The van der Waals surface area contributed by atoms with E-state index in [-0.39, 0.29) is 5.82 Å². The predicted octanol–water partition coefficient (Wildman–Crippen LogP) is 3.05. The molecule has 0 bridgehead atoms. The maximum absolute atomic E-state index is 13.2. The molecule has 0 unspecified atom stereocenters. The molecule has 1 aliphatic rings. The molecule has 1 aromatic rings. The molecule has 1 aliphatic heterocycles. The summed E-state index contributed by atoms with van der Waals surface area (Å²) < 4.78 is 13.2. The molecule has 0 radical (unpaired) electrons. The van der Waals surface area contributed by atoms with Crippen molar-refractivity contribution in [3.05, 3.63) is 34.6 Å². The van der Waals surface area contributed by atoms with Gasteiger partial charge in [-0.25, -0.2) is 4.39 Å². The molecular formula is C14H20ClFN2. The highest BCUT2D eigenvalue weighted by atomic mass is 35.5. The molecule has 0 saturated carbocycles. The van der Waals surface area contributed by atoms with Gasteiger partial charge in [-0.2, -0.15) is 0 Å². The quantitative estimate of drug-likeness (QED) is 0.905. The van der Waals surface area contributed by atoms with Crippen LogP contribution in [0.2, 0.25) is 5.02 Å². The maximum Gasteiger partial charge on any atom is 0.125 e. The molecule has 100 valence electrons. The fourth-order valence-corrected chi connectivity index (χ4v) is 2.67. The highest BCUT2D eigenvalue weighted by Crippen LogP contribution is 2.15. The average molecular weight is 271 g/mol. The van der Waals surface area contributed by atoms with Crippen LogP contribution in [0.1, 0.15) is 25.3 Å². The molecule has 0 aliphatic carbocycles.